The second kappa shape index (κ2) is 2.70. The largest absolute Gasteiger partial charge is 0.464 e. The summed E-state index contributed by atoms with van der Waals surface area (Å²) in [6.07, 6.45) is 1.72. The SMILES string of the molecule is BrCc1cccc2occc12. The van der Waals surface area contributed by atoms with Crippen LogP contribution in [-0.2, 0) is 5.33 Å². The zero-order valence-corrected chi connectivity index (χ0v) is 7.47. The first-order valence-electron chi connectivity index (χ1n) is 3.43. The van der Waals surface area contributed by atoms with E-state index in [2.05, 4.69) is 22.0 Å². The highest BCUT2D eigenvalue weighted by Crippen LogP contribution is 2.21. The highest BCUT2D eigenvalue weighted by Gasteiger charge is 1.99. The first-order valence-corrected chi connectivity index (χ1v) is 4.55. The minimum Gasteiger partial charge on any atom is -0.464 e. The van der Waals surface area contributed by atoms with Gasteiger partial charge in [-0.15, -0.1) is 0 Å². The lowest BCUT2D eigenvalue weighted by Crippen LogP contribution is -1.75. The van der Waals surface area contributed by atoms with Gasteiger partial charge in [-0.1, -0.05) is 28.1 Å². The lowest BCUT2D eigenvalue weighted by Gasteiger charge is -1.94. The molecule has 1 nitrogen and oxygen atoms in total. The fraction of sp³-hybridized carbons (Fsp3) is 0.111. The Balaban J connectivity index is 2.79. The van der Waals surface area contributed by atoms with E-state index in [4.69, 9.17) is 4.42 Å². The van der Waals surface area contributed by atoms with Crippen molar-refractivity contribution in [3.8, 4) is 0 Å². The van der Waals surface area contributed by atoms with Crippen LogP contribution in [0.5, 0.6) is 0 Å². The number of alkyl halides is 1. The van der Waals surface area contributed by atoms with Crippen molar-refractivity contribution in [1.82, 2.24) is 0 Å². The Hall–Kier alpha value is -0.760. The van der Waals surface area contributed by atoms with Gasteiger partial charge in [0.2, 0.25) is 0 Å². The fourth-order valence-corrected chi connectivity index (χ4v) is 1.66. The maximum absolute atomic E-state index is 5.24. The third-order valence-electron chi connectivity index (χ3n) is 1.73. The minimum absolute atomic E-state index is 0.879. The van der Waals surface area contributed by atoms with Gasteiger partial charge < -0.3 is 4.42 Å². The number of halogens is 1. The molecule has 0 atom stereocenters. The number of fused-ring (bicyclic) bond motifs is 1. The molecule has 0 bridgehead atoms. The molecule has 1 aromatic heterocycles. The monoisotopic (exact) mass is 210 g/mol. The van der Waals surface area contributed by atoms with E-state index in [0.29, 0.717) is 0 Å². The summed E-state index contributed by atoms with van der Waals surface area (Å²) in [5, 5.41) is 2.08. The maximum Gasteiger partial charge on any atom is 0.134 e. The molecule has 0 aliphatic carbocycles. The summed E-state index contributed by atoms with van der Waals surface area (Å²) >= 11 is 3.42. The fourth-order valence-electron chi connectivity index (χ4n) is 1.17. The van der Waals surface area contributed by atoms with Gasteiger partial charge >= 0.3 is 0 Å². The molecule has 0 radical (unpaired) electrons. The van der Waals surface area contributed by atoms with E-state index in [-0.39, 0.29) is 0 Å². The third kappa shape index (κ3) is 1.07. The summed E-state index contributed by atoms with van der Waals surface area (Å²) in [5.41, 5.74) is 2.23. The van der Waals surface area contributed by atoms with Crippen molar-refractivity contribution in [2.45, 2.75) is 5.33 Å². The van der Waals surface area contributed by atoms with E-state index in [1.54, 1.807) is 6.26 Å². The van der Waals surface area contributed by atoms with Crippen molar-refractivity contribution in [2.75, 3.05) is 0 Å². The Morgan fingerprint density at radius 3 is 3.00 bits per heavy atom. The van der Waals surface area contributed by atoms with Crippen molar-refractivity contribution in [2.24, 2.45) is 0 Å². The lowest BCUT2D eigenvalue weighted by molar-refractivity contribution is 0.616. The van der Waals surface area contributed by atoms with E-state index in [9.17, 15) is 0 Å². The normalized spacial score (nSPS) is 10.6. The molecule has 2 heteroatoms. The topological polar surface area (TPSA) is 13.1 Å². The molecule has 1 aromatic carbocycles. The summed E-state index contributed by atoms with van der Waals surface area (Å²) in [4.78, 5) is 0. The molecule has 0 saturated carbocycles. The third-order valence-corrected chi connectivity index (χ3v) is 2.33. The first kappa shape index (κ1) is 6.92. The van der Waals surface area contributed by atoms with E-state index in [1.807, 2.05) is 18.2 Å². The van der Waals surface area contributed by atoms with E-state index < -0.39 is 0 Å². The summed E-state index contributed by atoms with van der Waals surface area (Å²) in [6.45, 7) is 0. The van der Waals surface area contributed by atoms with Crippen molar-refractivity contribution < 1.29 is 4.42 Å². The second-order valence-corrected chi connectivity index (χ2v) is 2.94. The van der Waals surface area contributed by atoms with Crippen LogP contribution < -0.4 is 0 Å². The van der Waals surface area contributed by atoms with Gasteiger partial charge in [-0.3, -0.25) is 0 Å². The second-order valence-electron chi connectivity index (χ2n) is 2.38. The van der Waals surface area contributed by atoms with Crippen molar-refractivity contribution in [3.05, 3.63) is 36.1 Å². The standard InChI is InChI=1S/C9H7BrO/c10-6-7-2-1-3-9-8(7)4-5-11-9/h1-5H,6H2. The minimum atomic E-state index is 0.879. The van der Waals surface area contributed by atoms with Crippen LogP contribution in [0.4, 0.5) is 0 Å². The van der Waals surface area contributed by atoms with Gasteiger partial charge in [0.05, 0.1) is 6.26 Å². The first-order chi connectivity index (χ1) is 5.42. The van der Waals surface area contributed by atoms with Gasteiger partial charge in [0.25, 0.3) is 0 Å². The molecule has 0 spiro atoms. The zero-order chi connectivity index (χ0) is 7.68. The van der Waals surface area contributed by atoms with E-state index in [1.165, 1.54) is 10.9 Å². The molecule has 11 heavy (non-hydrogen) atoms. The lowest BCUT2D eigenvalue weighted by atomic mass is 10.1. The predicted octanol–water partition coefficient (Wildman–Crippen LogP) is 3.33. The van der Waals surface area contributed by atoms with Crippen LogP contribution in [0.15, 0.2) is 34.9 Å². The molecule has 0 fully saturated rings. The van der Waals surface area contributed by atoms with Crippen LogP contribution in [0.2, 0.25) is 0 Å². The van der Waals surface area contributed by atoms with Gasteiger partial charge in [-0.25, -0.2) is 0 Å². The average Bonchev–Trinajstić information content (AvgIpc) is 2.50. The van der Waals surface area contributed by atoms with E-state index >= 15 is 0 Å². The molecule has 0 aliphatic rings. The van der Waals surface area contributed by atoms with Gasteiger partial charge in [-0.2, -0.15) is 0 Å². The van der Waals surface area contributed by atoms with Crippen molar-refractivity contribution in [1.29, 1.82) is 0 Å². The molecule has 0 unspecified atom stereocenters. The zero-order valence-electron chi connectivity index (χ0n) is 5.88. The molecule has 1 heterocycles. The smallest absolute Gasteiger partial charge is 0.134 e. The summed E-state index contributed by atoms with van der Waals surface area (Å²) in [7, 11) is 0. The number of benzene rings is 1. The quantitative estimate of drug-likeness (QED) is 0.659. The highest BCUT2D eigenvalue weighted by atomic mass is 79.9. The van der Waals surface area contributed by atoms with Crippen molar-refractivity contribution in [3.63, 3.8) is 0 Å². The van der Waals surface area contributed by atoms with E-state index in [0.717, 1.165) is 10.9 Å². The molecule has 0 aliphatic heterocycles. The van der Waals surface area contributed by atoms with Gasteiger partial charge in [-0.05, 0) is 17.7 Å². The van der Waals surface area contributed by atoms with Crippen molar-refractivity contribution >= 4 is 26.9 Å². The van der Waals surface area contributed by atoms with Crippen LogP contribution in [0.1, 0.15) is 5.56 Å². The molecule has 0 amide bonds. The molecule has 0 saturated heterocycles. The molecular weight excluding hydrogens is 204 g/mol. The molecule has 0 N–H and O–H groups in total. The van der Waals surface area contributed by atoms with Gasteiger partial charge in [0.15, 0.2) is 0 Å². The molecule has 2 aromatic rings. The summed E-state index contributed by atoms with van der Waals surface area (Å²) in [5.74, 6) is 0. The maximum atomic E-state index is 5.24. The molecule has 56 valence electrons. The Bertz CT molecular complexity index is 364. The van der Waals surface area contributed by atoms with Crippen LogP contribution in [-0.4, -0.2) is 0 Å². The Morgan fingerprint density at radius 1 is 1.27 bits per heavy atom. The molecule has 2 rings (SSSR count). The Labute approximate surface area is 73.1 Å². The van der Waals surface area contributed by atoms with Crippen LogP contribution in [0.25, 0.3) is 11.0 Å². The van der Waals surface area contributed by atoms with Crippen LogP contribution in [0, 0.1) is 0 Å². The van der Waals surface area contributed by atoms with Crippen LogP contribution >= 0.6 is 15.9 Å². The Morgan fingerprint density at radius 2 is 2.18 bits per heavy atom. The van der Waals surface area contributed by atoms with Gasteiger partial charge in [0, 0.05) is 10.7 Å². The predicted molar refractivity (Wildman–Crippen MR) is 48.8 cm³/mol. The Kier molecular flexibility index (Phi) is 1.70. The van der Waals surface area contributed by atoms with Crippen LogP contribution in [0.3, 0.4) is 0 Å². The number of furan rings is 1. The summed E-state index contributed by atoms with van der Waals surface area (Å²) in [6, 6.07) is 8.06. The number of hydrogen-bond donors (Lipinski definition) is 0. The van der Waals surface area contributed by atoms with Gasteiger partial charge in [0.1, 0.15) is 5.58 Å². The molecular formula is C9H7BrO. The highest BCUT2D eigenvalue weighted by molar-refractivity contribution is 9.08. The number of hydrogen-bond acceptors (Lipinski definition) is 1. The average molecular weight is 211 g/mol. The summed E-state index contributed by atoms with van der Waals surface area (Å²) < 4.78 is 5.24. The number of rotatable bonds is 1.